The number of carbonyl (C=O) groups is 1. The highest BCUT2D eigenvalue weighted by Gasteiger charge is 2.30. The highest BCUT2D eigenvalue weighted by atomic mass is 35.5. The van der Waals surface area contributed by atoms with Gasteiger partial charge in [0.1, 0.15) is 22.7 Å². The molecule has 2 heterocycles. The summed E-state index contributed by atoms with van der Waals surface area (Å²) >= 11 is 7.17. The van der Waals surface area contributed by atoms with Gasteiger partial charge in [0, 0.05) is 26.2 Å². The highest BCUT2D eigenvalue weighted by Crippen LogP contribution is 2.32. The predicted molar refractivity (Wildman–Crippen MR) is 94.0 cm³/mol. The summed E-state index contributed by atoms with van der Waals surface area (Å²) in [6.07, 6.45) is 0. The molecule has 24 heavy (non-hydrogen) atoms. The molecule has 1 aromatic heterocycles. The third-order valence-corrected chi connectivity index (χ3v) is 5.38. The molecule has 0 bridgehead atoms. The molecule has 1 fully saturated rings. The van der Waals surface area contributed by atoms with Crippen molar-refractivity contribution in [3.8, 4) is 6.07 Å². The van der Waals surface area contributed by atoms with E-state index in [-0.39, 0.29) is 11.1 Å². The molecule has 0 saturated carbocycles. The molecule has 2 aromatic rings. The number of halogens is 1. The van der Waals surface area contributed by atoms with Crippen LogP contribution in [0.5, 0.6) is 0 Å². The van der Waals surface area contributed by atoms with Crippen LogP contribution in [0.4, 0.5) is 5.00 Å². The van der Waals surface area contributed by atoms with Crippen LogP contribution in [-0.4, -0.2) is 41.4 Å². The number of nitrogens with two attached hydrogens (primary N) is 1. The van der Waals surface area contributed by atoms with Crippen molar-refractivity contribution < 1.29 is 4.79 Å². The SMILES string of the molecule is N#Cc1c(Cl)nsc1N1CCN(C(C(N)=O)c2ccccc2)CC1. The Morgan fingerprint density at radius 1 is 1.29 bits per heavy atom. The normalized spacial score (nSPS) is 16.6. The Kier molecular flexibility index (Phi) is 5.00. The molecule has 1 aliphatic rings. The lowest BCUT2D eigenvalue weighted by atomic mass is 10.0. The summed E-state index contributed by atoms with van der Waals surface area (Å²) in [5.41, 5.74) is 6.95. The summed E-state index contributed by atoms with van der Waals surface area (Å²) in [4.78, 5) is 16.1. The number of carbonyl (C=O) groups excluding carboxylic acids is 1. The van der Waals surface area contributed by atoms with Gasteiger partial charge in [0.15, 0.2) is 5.15 Å². The maximum absolute atomic E-state index is 12.0. The van der Waals surface area contributed by atoms with Crippen molar-refractivity contribution in [2.75, 3.05) is 31.1 Å². The molecule has 1 unspecified atom stereocenters. The lowest BCUT2D eigenvalue weighted by molar-refractivity contribution is -0.123. The van der Waals surface area contributed by atoms with Crippen LogP contribution in [0.1, 0.15) is 17.2 Å². The molecule has 3 rings (SSSR count). The van der Waals surface area contributed by atoms with Crippen LogP contribution in [0.15, 0.2) is 30.3 Å². The number of amides is 1. The summed E-state index contributed by atoms with van der Waals surface area (Å²) < 4.78 is 4.05. The van der Waals surface area contributed by atoms with Crippen molar-refractivity contribution in [3.05, 3.63) is 46.6 Å². The Balaban J connectivity index is 1.74. The van der Waals surface area contributed by atoms with Gasteiger partial charge >= 0.3 is 0 Å². The van der Waals surface area contributed by atoms with Crippen LogP contribution in [-0.2, 0) is 4.79 Å². The van der Waals surface area contributed by atoms with Gasteiger partial charge in [-0.3, -0.25) is 9.69 Å². The van der Waals surface area contributed by atoms with Crippen molar-refractivity contribution in [1.82, 2.24) is 9.27 Å². The monoisotopic (exact) mass is 361 g/mol. The van der Waals surface area contributed by atoms with Gasteiger partial charge < -0.3 is 10.6 Å². The first-order valence-electron chi connectivity index (χ1n) is 7.50. The van der Waals surface area contributed by atoms with Gasteiger partial charge in [-0.05, 0) is 17.1 Å². The van der Waals surface area contributed by atoms with Crippen LogP contribution in [0.3, 0.4) is 0 Å². The van der Waals surface area contributed by atoms with Gasteiger partial charge in [-0.2, -0.15) is 9.64 Å². The van der Waals surface area contributed by atoms with E-state index in [1.54, 1.807) is 0 Å². The van der Waals surface area contributed by atoms with E-state index in [1.165, 1.54) is 11.5 Å². The van der Waals surface area contributed by atoms with Crippen LogP contribution >= 0.6 is 23.1 Å². The minimum atomic E-state index is -0.436. The Labute approximate surface area is 149 Å². The van der Waals surface area contributed by atoms with Gasteiger partial charge in [-0.25, -0.2) is 0 Å². The Morgan fingerprint density at radius 2 is 1.96 bits per heavy atom. The van der Waals surface area contributed by atoms with E-state index >= 15 is 0 Å². The van der Waals surface area contributed by atoms with Crippen LogP contribution in [0.2, 0.25) is 5.15 Å². The smallest absolute Gasteiger partial charge is 0.239 e. The van der Waals surface area contributed by atoms with Crippen molar-refractivity contribution in [2.24, 2.45) is 5.73 Å². The number of aromatic nitrogens is 1. The Hall–Kier alpha value is -2.14. The molecule has 1 saturated heterocycles. The van der Waals surface area contributed by atoms with Gasteiger partial charge in [0.25, 0.3) is 0 Å². The standard InChI is InChI=1S/C16H16ClN5OS/c17-14-12(10-18)16(24-20-14)22-8-6-21(7-9-22)13(15(19)23)11-4-2-1-3-5-11/h1-5,13H,6-9H2,(H2,19,23). The first-order valence-corrected chi connectivity index (χ1v) is 8.65. The van der Waals surface area contributed by atoms with Crippen molar-refractivity contribution >= 4 is 34.0 Å². The van der Waals surface area contributed by atoms with E-state index in [1.807, 2.05) is 30.3 Å². The number of benzene rings is 1. The predicted octanol–water partition coefficient (Wildman–Crippen LogP) is 2.02. The molecular formula is C16H16ClN5OS. The second-order valence-corrected chi connectivity index (χ2v) is 6.61. The second kappa shape index (κ2) is 7.18. The molecule has 0 aliphatic carbocycles. The first kappa shape index (κ1) is 16.7. The Morgan fingerprint density at radius 3 is 2.54 bits per heavy atom. The first-order chi connectivity index (χ1) is 11.6. The fourth-order valence-electron chi connectivity index (χ4n) is 2.95. The zero-order chi connectivity index (χ0) is 17.1. The van der Waals surface area contributed by atoms with Crippen LogP contribution in [0.25, 0.3) is 0 Å². The summed E-state index contributed by atoms with van der Waals surface area (Å²) in [6.45, 7) is 2.71. The molecule has 6 nitrogen and oxygen atoms in total. The van der Waals surface area contributed by atoms with E-state index in [9.17, 15) is 10.1 Å². The molecule has 2 N–H and O–H groups in total. The van der Waals surface area contributed by atoms with Crippen molar-refractivity contribution in [2.45, 2.75) is 6.04 Å². The average Bonchev–Trinajstić information content (AvgIpc) is 2.97. The topological polar surface area (TPSA) is 86.2 Å². The quantitative estimate of drug-likeness (QED) is 0.900. The number of nitrogens with zero attached hydrogens (tertiary/aromatic N) is 4. The number of anilines is 1. The van der Waals surface area contributed by atoms with Gasteiger partial charge in [-0.1, -0.05) is 41.9 Å². The molecule has 0 spiro atoms. The molecule has 124 valence electrons. The maximum Gasteiger partial charge on any atom is 0.239 e. The molecule has 0 radical (unpaired) electrons. The fraction of sp³-hybridized carbons (Fsp3) is 0.312. The zero-order valence-electron chi connectivity index (χ0n) is 12.9. The number of primary amides is 1. The number of hydrogen-bond acceptors (Lipinski definition) is 6. The molecule has 1 amide bonds. The van der Waals surface area contributed by atoms with E-state index in [0.717, 1.165) is 10.6 Å². The van der Waals surface area contributed by atoms with E-state index in [0.29, 0.717) is 31.7 Å². The molecular weight excluding hydrogens is 346 g/mol. The van der Waals surface area contributed by atoms with E-state index in [4.69, 9.17) is 17.3 Å². The summed E-state index contributed by atoms with van der Waals surface area (Å²) in [5.74, 6) is -0.354. The number of rotatable bonds is 4. The van der Waals surface area contributed by atoms with Crippen molar-refractivity contribution in [3.63, 3.8) is 0 Å². The van der Waals surface area contributed by atoms with E-state index in [2.05, 4.69) is 20.2 Å². The number of hydrogen-bond donors (Lipinski definition) is 1. The summed E-state index contributed by atoms with van der Waals surface area (Å²) in [5, 5.41) is 10.3. The zero-order valence-corrected chi connectivity index (χ0v) is 14.4. The van der Waals surface area contributed by atoms with Gasteiger partial charge in [0.05, 0.1) is 0 Å². The summed E-state index contributed by atoms with van der Waals surface area (Å²) in [6, 6.07) is 11.2. The largest absolute Gasteiger partial charge is 0.368 e. The average molecular weight is 362 g/mol. The number of piperazine rings is 1. The van der Waals surface area contributed by atoms with E-state index < -0.39 is 6.04 Å². The maximum atomic E-state index is 12.0. The highest BCUT2D eigenvalue weighted by molar-refractivity contribution is 7.10. The van der Waals surface area contributed by atoms with Crippen molar-refractivity contribution in [1.29, 1.82) is 5.26 Å². The lowest BCUT2D eigenvalue weighted by Gasteiger charge is -2.38. The second-order valence-electron chi connectivity index (χ2n) is 5.50. The van der Waals surface area contributed by atoms with Gasteiger partial charge in [-0.15, -0.1) is 0 Å². The molecule has 8 heteroatoms. The summed E-state index contributed by atoms with van der Waals surface area (Å²) in [7, 11) is 0. The Bertz CT molecular complexity index is 765. The van der Waals surface area contributed by atoms with Crippen LogP contribution in [0, 0.1) is 11.3 Å². The number of nitriles is 1. The molecule has 1 atom stereocenters. The van der Waals surface area contributed by atoms with Crippen LogP contribution < -0.4 is 10.6 Å². The molecule has 1 aliphatic heterocycles. The fourth-order valence-corrected chi connectivity index (χ4v) is 4.03. The third kappa shape index (κ3) is 3.22. The molecule has 1 aromatic carbocycles. The lowest BCUT2D eigenvalue weighted by Crippen LogP contribution is -2.50. The van der Waals surface area contributed by atoms with Gasteiger partial charge in [0.2, 0.25) is 5.91 Å². The third-order valence-electron chi connectivity index (χ3n) is 4.10. The minimum absolute atomic E-state index is 0.249. The minimum Gasteiger partial charge on any atom is -0.368 e.